The summed E-state index contributed by atoms with van der Waals surface area (Å²) in [6.07, 6.45) is 9.81. The molecule has 0 unspecified atom stereocenters. The average molecular weight is 313 g/mol. The van der Waals surface area contributed by atoms with E-state index in [2.05, 4.69) is 26.7 Å². The average Bonchev–Trinajstić information content (AvgIpc) is 2.52. The van der Waals surface area contributed by atoms with Crippen LogP contribution in [0.15, 0.2) is 54.4 Å². The van der Waals surface area contributed by atoms with Gasteiger partial charge in [-0.2, -0.15) is 4.98 Å². The van der Waals surface area contributed by atoms with Gasteiger partial charge in [0.25, 0.3) is 0 Å². The minimum Gasteiger partial charge on any atom is -0.339 e. The van der Waals surface area contributed by atoms with Crippen molar-refractivity contribution in [3.8, 4) is 0 Å². The number of rotatable bonds is 4. The minimum atomic E-state index is 0.490. The Balaban J connectivity index is 1.80. The lowest BCUT2D eigenvalue weighted by Gasteiger charge is -2.13. The molecule has 3 rings (SSSR count). The summed E-state index contributed by atoms with van der Waals surface area (Å²) in [6.45, 7) is 2.04. The van der Waals surface area contributed by atoms with E-state index in [1.165, 1.54) is 5.56 Å². The maximum absolute atomic E-state index is 6.19. The second-order valence-corrected chi connectivity index (χ2v) is 5.58. The molecule has 0 aliphatic heterocycles. The molecule has 1 aliphatic carbocycles. The first-order chi connectivity index (χ1) is 10.7. The highest BCUT2D eigenvalue weighted by Gasteiger charge is 2.08. The summed E-state index contributed by atoms with van der Waals surface area (Å²) >= 11 is 6.19. The van der Waals surface area contributed by atoms with Gasteiger partial charge < -0.3 is 10.6 Å². The van der Waals surface area contributed by atoms with E-state index in [0.29, 0.717) is 16.8 Å². The summed E-state index contributed by atoms with van der Waals surface area (Å²) in [6, 6.07) is 8.06. The number of allylic oxidation sites excluding steroid dienone is 4. The van der Waals surface area contributed by atoms with Gasteiger partial charge in [-0.1, -0.05) is 35.9 Å². The molecule has 22 heavy (non-hydrogen) atoms. The van der Waals surface area contributed by atoms with Gasteiger partial charge >= 0.3 is 0 Å². The third-order valence-corrected chi connectivity index (χ3v) is 3.59. The van der Waals surface area contributed by atoms with E-state index in [1.807, 2.05) is 43.3 Å². The first-order valence-electron chi connectivity index (χ1n) is 7.20. The third-order valence-electron chi connectivity index (χ3n) is 3.31. The van der Waals surface area contributed by atoms with Crippen molar-refractivity contribution in [1.29, 1.82) is 0 Å². The molecular weight excluding hydrogens is 296 g/mol. The quantitative estimate of drug-likeness (QED) is 0.849. The molecule has 0 saturated carbocycles. The molecule has 1 aromatic heterocycles. The van der Waals surface area contributed by atoms with Crippen molar-refractivity contribution >= 4 is 29.1 Å². The van der Waals surface area contributed by atoms with E-state index in [1.54, 1.807) is 6.20 Å². The van der Waals surface area contributed by atoms with Crippen LogP contribution in [-0.4, -0.2) is 9.97 Å². The highest BCUT2D eigenvalue weighted by Crippen LogP contribution is 2.25. The van der Waals surface area contributed by atoms with Crippen LogP contribution in [0.5, 0.6) is 0 Å². The molecule has 1 aliphatic rings. The summed E-state index contributed by atoms with van der Waals surface area (Å²) in [4.78, 5) is 8.69. The van der Waals surface area contributed by atoms with Gasteiger partial charge in [-0.3, -0.25) is 0 Å². The Morgan fingerprint density at radius 3 is 2.91 bits per heavy atom. The van der Waals surface area contributed by atoms with Crippen LogP contribution in [0.3, 0.4) is 0 Å². The predicted molar refractivity (Wildman–Crippen MR) is 91.6 cm³/mol. The van der Waals surface area contributed by atoms with Crippen molar-refractivity contribution in [1.82, 2.24) is 9.97 Å². The van der Waals surface area contributed by atoms with Gasteiger partial charge in [-0.15, -0.1) is 0 Å². The molecule has 0 bridgehead atoms. The zero-order valence-corrected chi connectivity index (χ0v) is 13.1. The fourth-order valence-corrected chi connectivity index (χ4v) is 2.36. The highest BCUT2D eigenvalue weighted by molar-refractivity contribution is 6.32. The Morgan fingerprint density at radius 1 is 1.23 bits per heavy atom. The summed E-state index contributed by atoms with van der Waals surface area (Å²) < 4.78 is 0. The smallest absolute Gasteiger partial charge is 0.228 e. The molecule has 1 heterocycles. The highest BCUT2D eigenvalue weighted by atomic mass is 35.5. The summed E-state index contributed by atoms with van der Waals surface area (Å²) in [5, 5.41) is 6.96. The van der Waals surface area contributed by atoms with Gasteiger partial charge in [-0.05, 0) is 43.5 Å². The molecule has 0 saturated heterocycles. The predicted octanol–water partition coefficient (Wildman–Crippen LogP) is 4.83. The first kappa shape index (κ1) is 14.6. The zero-order valence-electron chi connectivity index (χ0n) is 12.3. The summed E-state index contributed by atoms with van der Waals surface area (Å²) in [7, 11) is 0. The Bertz CT molecular complexity index is 737. The Kier molecular flexibility index (Phi) is 4.39. The summed E-state index contributed by atoms with van der Waals surface area (Å²) in [5.41, 5.74) is 3.23. The molecular formula is C17H17ClN4. The molecule has 0 spiro atoms. The van der Waals surface area contributed by atoms with Crippen LogP contribution in [0, 0.1) is 6.92 Å². The van der Waals surface area contributed by atoms with Crippen molar-refractivity contribution in [2.24, 2.45) is 0 Å². The Hall–Kier alpha value is -2.33. The summed E-state index contributed by atoms with van der Waals surface area (Å²) in [5.74, 6) is 1.14. The van der Waals surface area contributed by atoms with Crippen molar-refractivity contribution in [3.63, 3.8) is 0 Å². The number of nitrogens with zero attached hydrogens (tertiary/aromatic N) is 2. The van der Waals surface area contributed by atoms with Crippen LogP contribution in [-0.2, 0) is 0 Å². The molecule has 0 radical (unpaired) electrons. The van der Waals surface area contributed by atoms with Gasteiger partial charge in [0, 0.05) is 11.4 Å². The number of anilines is 3. The van der Waals surface area contributed by atoms with Crippen molar-refractivity contribution in [3.05, 3.63) is 65.0 Å². The van der Waals surface area contributed by atoms with Crippen molar-refractivity contribution in [2.75, 3.05) is 10.6 Å². The largest absolute Gasteiger partial charge is 0.339 e. The van der Waals surface area contributed by atoms with Crippen LogP contribution in [0.25, 0.3) is 0 Å². The molecule has 0 fully saturated rings. The molecule has 4 nitrogen and oxygen atoms in total. The van der Waals surface area contributed by atoms with Gasteiger partial charge in [-0.25, -0.2) is 4.98 Å². The van der Waals surface area contributed by atoms with E-state index in [4.69, 9.17) is 11.6 Å². The van der Waals surface area contributed by atoms with E-state index in [-0.39, 0.29) is 0 Å². The van der Waals surface area contributed by atoms with Gasteiger partial charge in [0.2, 0.25) is 5.95 Å². The number of hydrogen-bond acceptors (Lipinski definition) is 4. The maximum Gasteiger partial charge on any atom is 0.228 e. The van der Waals surface area contributed by atoms with Crippen molar-refractivity contribution in [2.45, 2.75) is 19.8 Å². The second kappa shape index (κ2) is 6.62. The normalized spacial score (nSPS) is 13.6. The van der Waals surface area contributed by atoms with E-state index >= 15 is 0 Å². The van der Waals surface area contributed by atoms with Crippen LogP contribution in [0.2, 0.25) is 5.02 Å². The topological polar surface area (TPSA) is 49.8 Å². The number of halogens is 1. The molecule has 0 atom stereocenters. The van der Waals surface area contributed by atoms with E-state index in [9.17, 15) is 0 Å². The van der Waals surface area contributed by atoms with Gasteiger partial charge in [0.15, 0.2) is 5.82 Å². The minimum absolute atomic E-state index is 0.490. The van der Waals surface area contributed by atoms with Crippen LogP contribution >= 0.6 is 11.6 Å². The first-order valence-corrected chi connectivity index (χ1v) is 7.57. The number of aryl methyl sites for hydroxylation is 1. The number of benzene rings is 1. The van der Waals surface area contributed by atoms with Crippen molar-refractivity contribution < 1.29 is 0 Å². The second-order valence-electron chi connectivity index (χ2n) is 5.17. The van der Waals surface area contributed by atoms with Crippen LogP contribution < -0.4 is 10.6 Å². The molecule has 0 amide bonds. The molecule has 1 aromatic carbocycles. The maximum atomic E-state index is 6.19. The number of nitrogens with one attached hydrogen (secondary N) is 2. The molecule has 5 heteroatoms. The SMILES string of the molecule is Cc1cccc(Nc2nc(NC3=CC=CCC3)ncc2Cl)c1. The zero-order chi connectivity index (χ0) is 15.4. The number of hydrogen-bond donors (Lipinski definition) is 2. The molecule has 112 valence electrons. The van der Waals surface area contributed by atoms with E-state index < -0.39 is 0 Å². The molecule has 2 aromatic rings. The lowest BCUT2D eigenvalue weighted by molar-refractivity contribution is 0.954. The van der Waals surface area contributed by atoms with E-state index in [0.717, 1.165) is 24.2 Å². The number of aromatic nitrogens is 2. The molecule has 2 N–H and O–H groups in total. The standard InChI is InChI=1S/C17H17ClN4/c1-12-6-5-9-14(10-12)20-16-15(18)11-19-17(22-16)21-13-7-3-2-4-8-13/h2-3,5-7,9-11H,4,8H2,1H3,(H2,19,20,21,22). The van der Waals surface area contributed by atoms with Gasteiger partial charge in [0.1, 0.15) is 5.02 Å². The van der Waals surface area contributed by atoms with Crippen LogP contribution in [0.1, 0.15) is 18.4 Å². The van der Waals surface area contributed by atoms with Gasteiger partial charge in [0.05, 0.1) is 6.20 Å². The Labute approximate surface area is 135 Å². The fourth-order valence-electron chi connectivity index (χ4n) is 2.22. The fraction of sp³-hybridized carbons (Fsp3) is 0.176. The monoisotopic (exact) mass is 312 g/mol. The van der Waals surface area contributed by atoms with Crippen LogP contribution in [0.4, 0.5) is 17.5 Å². The Morgan fingerprint density at radius 2 is 2.14 bits per heavy atom. The lowest BCUT2D eigenvalue weighted by atomic mass is 10.1. The third kappa shape index (κ3) is 3.65. The lowest BCUT2D eigenvalue weighted by Crippen LogP contribution is -2.06.